The van der Waals surface area contributed by atoms with E-state index in [1.807, 2.05) is 30.3 Å². The largest absolute Gasteiger partial charge is 0.497 e. The van der Waals surface area contributed by atoms with Crippen molar-refractivity contribution in [1.82, 2.24) is 0 Å². The summed E-state index contributed by atoms with van der Waals surface area (Å²) in [5.74, 6) is 0.649. The molecule has 0 aliphatic rings. The van der Waals surface area contributed by atoms with E-state index in [2.05, 4.69) is 6.07 Å². The van der Waals surface area contributed by atoms with E-state index >= 15 is 0 Å². The van der Waals surface area contributed by atoms with Crippen LogP contribution in [0.5, 0.6) is 11.5 Å². The van der Waals surface area contributed by atoms with E-state index in [1.165, 1.54) is 7.11 Å². The monoisotopic (exact) mass is 281 g/mol. The molecule has 1 radical (unpaired) electrons. The molecule has 0 aliphatic heterocycles. The summed E-state index contributed by atoms with van der Waals surface area (Å²) < 4.78 is 24.5. The van der Waals surface area contributed by atoms with Gasteiger partial charge in [-0.05, 0) is 40.6 Å². The lowest BCUT2D eigenvalue weighted by Gasteiger charge is -2.09. The molecule has 0 atom stereocenters. The number of fused-ring (bicyclic) bond motifs is 1. The molecule has 2 nitrogen and oxygen atoms in total. The molecule has 3 heteroatoms. The average Bonchev–Trinajstić information content (AvgIpc) is 2.54. The standard InChI is InChI=1S/C18H14FO2/c1-20-15-9-8-12-10-14(7-6-13(12)11-15)16-4-3-5-17(21-2)18(16)19/h3-9,11H,1-2H3. The Hall–Kier alpha value is -2.55. The van der Waals surface area contributed by atoms with Gasteiger partial charge in [-0.1, -0.05) is 30.3 Å². The zero-order chi connectivity index (χ0) is 14.8. The highest BCUT2D eigenvalue weighted by Crippen LogP contribution is 2.31. The molecular weight excluding hydrogens is 267 g/mol. The zero-order valence-electron chi connectivity index (χ0n) is 11.8. The predicted molar refractivity (Wildman–Crippen MR) is 81.3 cm³/mol. The third-order valence-electron chi connectivity index (χ3n) is 3.43. The summed E-state index contributed by atoms with van der Waals surface area (Å²) in [5.41, 5.74) is 1.18. The van der Waals surface area contributed by atoms with E-state index in [-0.39, 0.29) is 11.6 Å². The molecule has 0 unspecified atom stereocenters. The average molecular weight is 281 g/mol. The minimum Gasteiger partial charge on any atom is -0.497 e. The molecule has 105 valence electrons. The molecule has 0 fully saturated rings. The van der Waals surface area contributed by atoms with Gasteiger partial charge in [0.2, 0.25) is 0 Å². The maximum Gasteiger partial charge on any atom is 0.172 e. The Morgan fingerprint density at radius 1 is 0.952 bits per heavy atom. The van der Waals surface area contributed by atoms with Gasteiger partial charge in [0.05, 0.1) is 14.2 Å². The van der Waals surface area contributed by atoms with E-state index in [4.69, 9.17) is 9.47 Å². The van der Waals surface area contributed by atoms with Gasteiger partial charge < -0.3 is 9.47 Å². The fourth-order valence-corrected chi connectivity index (χ4v) is 2.31. The molecule has 0 spiro atoms. The third kappa shape index (κ3) is 2.42. The summed E-state index contributed by atoms with van der Waals surface area (Å²) in [5, 5.41) is 1.91. The van der Waals surface area contributed by atoms with Crippen LogP contribution >= 0.6 is 0 Å². The van der Waals surface area contributed by atoms with Gasteiger partial charge in [0.1, 0.15) is 5.75 Å². The first-order valence-corrected chi connectivity index (χ1v) is 6.56. The third-order valence-corrected chi connectivity index (χ3v) is 3.43. The van der Waals surface area contributed by atoms with Crippen molar-refractivity contribution in [1.29, 1.82) is 0 Å². The van der Waals surface area contributed by atoms with Crippen LogP contribution in [0, 0.1) is 11.9 Å². The second kappa shape index (κ2) is 5.44. The maximum atomic E-state index is 14.3. The van der Waals surface area contributed by atoms with Crippen LogP contribution in [0.15, 0.2) is 48.5 Å². The van der Waals surface area contributed by atoms with Gasteiger partial charge >= 0.3 is 0 Å². The second-order valence-corrected chi connectivity index (χ2v) is 4.65. The molecule has 3 rings (SSSR count). The number of methoxy groups -OCH3 is 2. The van der Waals surface area contributed by atoms with Crippen molar-refractivity contribution in [2.45, 2.75) is 0 Å². The van der Waals surface area contributed by atoms with Crippen LogP contribution in [0.2, 0.25) is 0 Å². The first-order chi connectivity index (χ1) is 10.2. The van der Waals surface area contributed by atoms with Crippen molar-refractivity contribution in [3.8, 4) is 22.6 Å². The Morgan fingerprint density at radius 2 is 1.81 bits per heavy atom. The van der Waals surface area contributed by atoms with Crippen molar-refractivity contribution in [3.05, 3.63) is 60.4 Å². The van der Waals surface area contributed by atoms with Crippen LogP contribution in [0.25, 0.3) is 21.9 Å². The molecule has 0 aliphatic carbocycles. The summed E-state index contributed by atoms with van der Waals surface area (Å²) in [6.07, 6.45) is 0. The Bertz CT molecular complexity index is 796. The van der Waals surface area contributed by atoms with Crippen molar-refractivity contribution in [2.24, 2.45) is 0 Å². The quantitative estimate of drug-likeness (QED) is 0.705. The smallest absolute Gasteiger partial charge is 0.172 e. The number of rotatable bonds is 3. The molecule has 3 aromatic rings. The molecular formula is C18H14FO2. The number of ether oxygens (including phenoxy) is 2. The van der Waals surface area contributed by atoms with E-state index in [1.54, 1.807) is 25.3 Å². The van der Waals surface area contributed by atoms with E-state index in [9.17, 15) is 4.39 Å². The van der Waals surface area contributed by atoms with Gasteiger partial charge in [-0.2, -0.15) is 0 Å². The molecule has 0 heterocycles. The molecule has 0 saturated carbocycles. The fourth-order valence-electron chi connectivity index (χ4n) is 2.31. The van der Waals surface area contributed by atoms with Crippen LogP contribution < -0.4 is 9.47 Å². The van der Waals surface area contributed by atoms with Crippen LogP contribution in [-0.2, 0) is 0 Å². The molecule has 0 aromatic heterocycles. The van der Waals surface area contributed by atoms with Crippen LogP contribution in [0.1, 0.15) is 0 Å². The SMILES string of the molecule is COc1ccc2[c]c(-c3cccc(OC)c3F)ccc2c1. The van der Waals surface area contributed by atoms with E-state index in [0.717, 1.165) is 16.5 Å². The van der Waals surface area contributed by atoms with Crippen molar-refractivity contribution >= 4 is 10.8 Å². The highest BCUT2D eigenvalue weighted by atomic mass is 19.1. The number of benzene rings is 3. The Kier molecular flexibility index (Phi) is 3.48. The first-order valence-electron chi connectivity index (χ1n) is 6.56. The Morgan fingerprint density at radius 3 is 2.57 bits per heavy atom. The first kappa shape index (κ1) is 13.4. The highest BCUT2D eigenvalue weighted by molar-refractivity contribution is 5.87. The highest BCUT2D eigenvalue weighted by Gasteiger charge is 2.11. The lowest BCUT2D eigenvalue weighted by Crippen LogP contribution is -1.91. The number of hydrogen-bond donors (Lipinski definition) is 0. The summed E-state index contributed by atoms with van der Waals surface area (Å²) >= 11 is 0. The van der Waals surface area contributed by atoms with Crippen LogP contribution in [-0.4, -0.2) is 14.2 Å². The normalized spacial score (nSPS) is 10.6. The van der Waals surface area contributed by atoms with Crippen molar-refractivity contribution in [2.75, 3.05) is 14.2 Å². The van der Waals surface area contributed by atoms with Gasteiger partial charge in [0.15, 0.2) is 11.6 Å². The van der Waals surface area contributed by atoms with Gasteiger partial charge in [0, 0.05) is 5.56 Å². The summed E-state index contributed by atoms with van der Waals surface area (Å²) in [7, 11) is 3.09. The topological polar surface area (TPSA) is 18.5 Å². The Balaban J connectivity index is 2.13. The number of halogens is 1. The zero-order valence-corrected chi connectivity index (χ0v) is 11.8. The molecule has 3 aromatic carbocycles. The van der Waals surface area contributed by atoms with Gasteiger partial charge in [-0.3, -0.25) is 0 Å². The van der Waals surface area contributed by atoms with Crippen molar-refractivity contribution in [3.63, 3.8) is 0 Å². The predicted octanol–water partition coefficient (Wildman–Crippen LogP) is 4.46. The van der Waals surface area contributed by atoms with E-state index < -0.39 is 0 Å². The minimum atomic E-state index is -0.371. The molecule has 0 bridgehead atoms. The second-order valence-electron chi connectivity index (χ2n) is 4.65. The summed E-state index contributed by atoms with van der Waals surface area (Å²) in [6, 6.07) is 17.8. The van der Waals surface area contributed by atoms with E-state index in [0.29, 0.717) is 11.1 Å². The van der Waals surface area contributed by atoms with Crippen LogP contribution in [0.4, 0.5) is 4.39 Å². The Labute approximate surface area is 122 Å². The lowest BCUT2D eigenvalue weighted by atomic mass is 10.0. The summed E-state index contributed by atoms with van der Waals surface area (Å²) in [6.45, 7) is 0. The summed E-state index contributed by atoms with van der Waals surface area (Å²) in [4.78, 5) is 0. The number of hydrogen-bond acceptors (Lipinski definition) is 2. The van der Waals surface area contributed by atoms with Gasteiger partial charge in [0.25, 0.3) is 0 Å². The fraction of sp³-hybridized carbons (Fsp3) is 0.111. The van der Waals surface area contributed by atoms with Gasteiger partial charge in [-0.15, -0.1) is 0 Å². The molecule has 0 saturated heterocycles. The molecule has 21 heavy (non-hydrogen) atoms. The minimum absolute atomic E-state index is 0.232. The van der Waals surface area contributed by atoms with Gasteiger partial charge in [-0.25, -0.2) is 4.39 Å². The molecule has 0 N–H and O–H groups in total. The lowest BCUT2D eigenvalue weighted by molar-refractivity contribution is 0.387. The van der Waals surface area contributed by atoms with Crippen LogP contribution in [0.3, 0.4) is 0 Å². The molecule has 0 amide bonds. The van der Waals surface area contributed by atoms with Crippen molar-refractivity contribution < 1.29 is 13.9 Å². The maximum absolute atomic E-state index is 14.3.